The number of piperazine rings is 1. The predicted molar refractivity (Wildman–Crippen MR) is 101 cm³/mol. The van der Waals surface area contributed by atoms with Gasteiger partial charge in [-0.25, -0.2) is 0 Å². The lowest BCUT2D eigenvalue weighted by molar-refractivity contribution is 0.0453. The number of aliphatic hydroxyl groups is 1. The minimum absolute atomic E-state index is 0.232. The van der Waals surface area contributed by atoms with E-state index in [0.29, 0.717) is 6.04 Å². The lowest BCUT2D eigenvalue weighted by atomic mass is 10.0. The van der Waals surface area contributed by atoms with Crippen LogP contribution in [0.15, 0.2) is 34.7 Å². The first-order valence-corrected chi connectivity index (χ1v) is 9.24. The van der Waals surface area contributed by atoms with Gasteiger partial charge in [0, 0.05) is 38.8 Å². The van der Waals surface area contributed by atoms with E-state index in [1.54, 1.807) is 0 Å². The molecule has 1 aliphatic rings. The summed E-state index contributed by atoms with van der Waals surface area (Å²) in [5.74, 6) is 1.98. The molecule has 0 amide bonds. The highest BCUT2D eigenvalue weighted by atomic mass is 16.3. The van der Waals surface area contributed by atoms with Gasteiger partial charge in [-0.1, -0.05) is 23.8 Å². The Morgan fingerprint density at radius 2 is 1.92 bits per heavy atom. The minimum Gasteiger partial charge on any atom is -0.465 e. The summed E-state index contributed by atoms with van der Waals surface area (Å²) in [5, 5.41) is 9.49. The number of aliphatic hydroxyl groups excluding tert-OH is 1. The van der Waals surface area contributed by atoms with Crippen molar-refractivity contribution in [2.24, 2.45) is 0 Å². The monoisotopic (exact) mass is 342 g/mol. The second-order valence-electron chi connectivity index (χ2n) is 7.31. The summed E-state index contributed by atoms with van der Waals surface area (Å²) < 4.78 is 5.75. The molecule has 1 saturated heterocycles. The van der Waals surface area contributed by atoms with Crippen LogP contribution in [-0.4, -0.2) is 47.2 Å². The zero-order valence-electron chi connectivity index (χ0n) is 15.7. The molecule has 2 heterocycles. The molecule has 4 nitrogen and oxygen atoms in total. The Morgan fingerprint density at radius 1 is 1.08 bits per heavy atom. The van der Waals surface area contributed by atoms with Crippen LogP contribution in [0, 0.1) is 20.8 Å². The van der Waals surface area contributed by atoms with Crippen molar-refractivity contribution in [2.45, 2.75) is 46.3 Å². The molecule has 1 atom stereocenters. The molecule has 0 bridgehead atoms. The van der Waals surface area contributed by atoms with E-state index in [2.05, 4.69) is 47.9 Å². The number of rotatable bonds is 6. The second kappa shape index (κ2) is 8.17. The topological polar surface area (TPSA) is 39.9 Å². The van der Waals surface area contributed by atoms with Gasteiger partial charge in [0.15, 0.2) is 0 Å². The maximum absolute atomic E-state index is 9.49. The van der Waals surface area contributed by atoms with Gasteiger partial charge in [0.1, 0.15) is 11.5 Å². The van der Waals surface area contributed by atoms with Crippen molar-refractivity contribution >= 4 is 0 Å². The van der Waals surface area contributed by atoms with Gasteiger partial charge < -0.3 is 9.52 Å². The Hall–Kier alpha value is -1.62. The molecule has 136 valence electrons. The van der Waals surface area contributed by atoms with Crippen molar-refractivity contribution in [2.75, 3.05) is 26.2 Å². The lowest BCUT2D eigenvalue weighted by Crippen LogP contribution is -2.52. The normalized spacial score (nSPS) is 19.4. The molecule has 2 aromatic rings. The van der Waals surface area contributed by atoms with Crippen LogP contribution in [0.3, 0.4) is 0 Å². The third-order valence-corrected chi connectivity index (χ3v) is 5.20. The summed E-state index contributed by atoms with van der Waals surface area (Å²) in [7, 11) is 0. The zero-order chi connectivity index (χ0) is 17.8. The van der Waals surface area contributed by atoms with Crippen LogP contribution in [0.25, 0.3) is 0 Å². The molecule has 1 aromatic carbocycles. The van der Waals surface area contributed by atoms with E-state index in [0.717, 1.165) is 50.7 Å². The van der Waals surface area contributed by atoms with Gasteiger partial charge in [-0.2, -0.15) is 0 Å². The van der Waals surface area contributed by atoms with Crippen molar-refractivity contribution in [1.29, 1.82) is 0 Å². The van der Waals surface area contributed by atoms with Crippen molar-refractivity contribution in [3.8, 4) is 0 Å². The summed E-state index contributed by atoms with van der Waals surface area (Å²) in [6.07, 6.45) is 0.809. The first kappa shape index (κ1) is 18.2. The van der Waals surface area contributed by atoms with Crippen LogP contribution in [-0.2, 0) is 13.1 Å². The number of nitrogens with zero attached hydrogens (tertiary/aromatic N) is 2. The fraction of sp³-hybridized carbons (Fsp3) is 0.524. The van der Waals surface area contributed by atoms with Gasteiger partial charge in [-0.05, 0) is 50.5 Å². The molecule has 0 saturated carbocycles. The Balaban J connectivity index is 1.65. The van der Waals surface area contributed by atoms with Crippen LogP contribution < -0.4 is 0 Å². The SMILES string of the molecule is Cc1ccc(C)c(CN2CCN(Cc3ccc(C)o3)[C@@H](CCO)C2)c1. The summed E-state index contributed by atoms with van der Waals surface area (Å²) in [5.41, 5.74) is 4.09. The fourth-order valence-corrected chi connectivity index (χ4v) is 3.71. The lowest BCUT2D eigenvalue weighted by Gasteiger charge is -2.41. The predicted octanol–water partition coefficient (Wildman–Crippen LogP) is 3.27. The first-order valence-electron chi connectivity index (χ1n) is 9.24. The maximum Gasteiger partial charge on any atom is 0.118 e. The number of furan rings is 1. The summed E-state index contributed by atoms with van der Waals surface area (Å²) in [6.45, 7) is 11.4. The molecular formula is C21H30N2O2. The van der Waals surface area contributed by atoms with Gasteiger partial charge in [0.05, 0.1) is 6.54 Å². The molecule has 0 radical (unpaired) electrons. The Kier molecular flexibility index (Phi) is 5.94. The van der Waals surface area contributed by atoms with Gasteiger partial charge >= 0.3 is 0 Å². The van der Waals surface area contributed by atoms with E-state index in [1.165, 1.54) is 16.7 Å². The quantitative estimate of drug-likeness (QED) is 0.875. The van der Waals surface area contributed by atoms with E-state index in [9.17, 15) is 5.11 Å². The second-order valence-corrected chi connectivity index (χ2v) is 7.31. The molecule has 0 unspecified atom stereocenters. The van der Waals surface area contributed by atoms with E-state index in [4.69, 9.17) is 4.42 Å². The van der Waals surface area contributed by atoms with Crippen LogP contribution in [0.2, 0.25) is 0 Å². The number of hydrogen-bond donors (Lipinski definition) is 1. The summed E-state index contributed by atoms with van der Waals surface area (Å²) in [4.78, 5) is 4.97. The maximum atomic E-state index is 9.49. The van der Waals surface area contributed by atoms with Gasteiger partial charge in [-0.3, -0.25) is 9.80 Å². The molecule has 0 aliphatic carbocycles. The molecule has 1 fully saturated rings. The third kappa shape index (κ3) is 4.72. The highest BCUT2D eigenvalue weighted by Gasteiger charge is 2.27. The molecule has 25 heavy (non-hydrogen) atoms. The van der Waals surface area contributed by atoms with Crippen molar-refractivity contribution in [1.82, 2.24) is 9.80 Å². The van der Waals surface area contributed by atoms with E-state index >= 15 is 0 Å². The molecule has 1 N–H and O–H groups in total. The van der Waals surface area contributed by atoms with Crippen LogP contribution >= 0.6 is 0 Å². The number of hydrogen-bond acceptors (Lipinski definition) is 4. The average Bonchev–Trinajstić information content (AvgIpc) is 2.99. The molecule has 0 spiro atoms. The first-order chi connectivity index (χ1) is 12.0. The Morgan fingerprint density at radius 3 is 2.64 bits per heavy atom. The largest absolute Gasteiger partial charge is 0.465 e. The summed E-state index contributed by atoms with van der Waals surface area (Å²) >= 11 is 0. The Bertz CT molecular complexity index is 695. The smallest absolute Gasteiger partial charge is 0.118 e. The highest BCUT2D eigenvalue weighted by Crippen LogP contribution is 2.21. The highest BCUT2D eigenvalue weighted by molar-refractivity contribution is 5.30. The number of benzene rings is 1. The van der Waals surface area contributed by atoms with Crippen molar-refractivity contribution < 1.29 is 9.52 Å². The van der Waals surface area contributed by atoms with E-state index in [-0.39, 0.29) is 6.61 Å². The average molecular weight is 342 g/mol. The van der Waals surface area contributed by atoms with Gasteiger partial charge in [0.2, 0.25) is 0 Å². The standard InChI is InChI=1S/C21H30N2O2/c1-16-4-5-17(2)19(12-16)13-22-9-10-23(20(14-22)8-11-24)15-21-7-6-18(3)25-21/h4-7,12,20,24H,8-11,13-15H2,1-3H3/t20-/m0/s1. The Labute approximate surface area is 151 Å². The molecule has 3 rings (SSSR count). The van der Waals surface area contributed by atoms with Crippen LogP contribution in [0.1, 0.15) is 34.6 Å². The van der Waals surface area contributed by atoms with Crippen LogP contribution in [0.4, 0.5) is 0 Å². The third-order valence-electron chi connectivity index (χ3n) is 5.20. The summed E-state index contributed by atoms with van der Waals surface area (Å²) in [6, 6.07) is 11.1. The van der Waals surface area contributed by atoms with Gasteiger partial charge in [-0.15, -0.1) is 0 Å². The van der Waals surface area contributed by atoms with Gasteiger partial charge in [0.25, 0.3) is 0 Å². The number of aryl methyl sites for hydroxylation is 3. The minimum atomic E-state index is 0.232. The van der Waals surface area contributed by atoms with Crippen molar-refractivity contribution in [3.05, 3.63) is 58.5 Å². The molecule has 1 aromatic heterocycles. The van der Waals surface area contributed by atoms with E-state index in [1.807, 2.05) is 13.0 Å². The molecular weight excluding hydrogens is 312 g/mol. The zero-order valence-corrected chi connectivity index (χ0v) is 15.7. The molecule has 4 heteroatoms. The van der Waals surface area contributed by atoms with E-state index < -0.39 is 0 Å². The van der Waals surface area contributed by atoms with Crippen LogP contribution in [0.5, 0.6) is 0 Å². The molecule has 1 aliphatic heterocycles. The van der Waals surface area contributed by atoms with Crippen molar-refractivity contribution in [3.63, 3.8) is 0 Å². The fourth-order valence-electron chi connectivity index (χ4n) is 3.71.